The second-order valence-electron chi connectivity index (χ2n) is 4.34. The summed E-state index contributed by atoms with van der Waals surface area (Å²) in [6.45, 7) is -0.504. The van der Waals surface area contributed by atoms with Gasteiger partial charge in [0.05, 0.1) is 6.61 Å². The molecule has 0 aromatic heterocycles. The van der Waals surface area contributed by atoms with Crippen LogP contribution >= 0.6 is 23.5 Å². The zero-order valence-electron chi connectivity index (χ0n) is 10.8. The lowest BCUT2D eigenvalue weighted by Crippen LogP contribution is -2.38. The number of hydrogen-bond donors (Lipinski definition) is 4. The Balaban J connectivity index is 2.67. The van der Waals surface area contributed by atoms with Crippen LogP contribution in [0.3, 0.4) is 0 Å². The van der Waals surface area contributed by atoms with Gasteiger partial charge < -0.3 is 24.3 Å². The van der Waals surface area contributed by atoms with Gasteiger partial charge >= 0.3 is 23.5 Å². The van der Waals surface area contributed by atoms with E-state index in [1.807, 2.05) is 0 Å². The van der Waals surface area contributed by atoms with Crippen molar-refractivity contribution in [3.05, 3.63) is 0 Å². The molecule has 0 bridgehead atoms. The van der Waals surface area contributed by atoms with Gasteiger partial charge in [0.2, 0.25) is 0 Å². The van der Waals surface area contributed by atoms with Gasteiger partial charge in [0, 0.05) is 5.92 Å². The van der Waals surface area contributed by atoms with Crippen LogP contribution in [0, 0.1) is 5.92 Å². The molecule has 1 aliphatic heterocycles. The Bertz CT molecular complexity index is 550. The molecule has 16 heteroatoms. The minimum atomic E-state index is -5.70. The first-order valence-corrected chi connectivity index (χ1v) is 9.93. The molecule has 0 saturated carbocycles. The van der Waals surface area contributed by atoms with Crippen LogP contribution in [-0.2, 0) is 31.6 Å². The summed E-state index contributed by atoms with van der Waals surface area (Å²) < 4.78 is 75.2. The Kier molecular flexibility index (Phi) is 6.10. The minimum Gasteiger partial charge on any atom is -0.341 e. The molecule has 132 valence electrons. The number of hydrogen-bond acceptors (Lipinski definition) is 7. The summed E-state index contributed by atoms with van der Waals surface area (Å²) in [5, 5.41) is 0. The maximum absolute atomic E-state index is 13.9. The fraction of sp³-hybridized carbons (Fsp3) is 1.00. The summed E-state index contributed by atoms with van der Waals surface area (Å²) in [6, 6.07) is 0. The van der Waals surface area contributed by atoms with Crippen LogP contribution in [0.5, 0.6) is 0 Å². The first-order valence-electron chi connectivity index (χ1n) is 5.41. The van der Waals surface area contributed by atoms with Crippen LogP contribution in [0.2, 0.25) is 0 Å². The van der Waals surface area contributed by atoms with E-state index >= 15 is 0 Å². The van der Waals surface area contributed by atoms with Gasteiger partial charge in [-0.2, -0.15) is 8.62 Å². The van der Waals surface area contributed by atoms with Crippen LogP contribution in [0.15, 0.2) is 0 Å². The molecule has 22 heavy (non-hydrogen) atoms. The molecule has 1 fully saturated rings. The summed E-state index contributed by atoms with van der Waals surface area (Å²) in [5.74, 6) is -3.94. The molecular formula is C6H13F2O11P3. The number of alkyl halides is 2. The van der Waals surface area contributed by atoms with E-state index < -0.39 is 48.0 Å². The average molecular weight is 392 g/mol. The van der Waals surface area contributed by atoms with Gasteiger partial charge in [-0.3, -0.25) is 4.52 Å². The van der Waals surface area contributed by atoms with E-state index in [2.05, 4.69) is 17.9 Å². The Morgan fingerprint density at radius 1 is 1.18 bits per heavy atom. The summed E-state index contributed by atoms with van der Waals surface area (Å²) in [5.41, 5.74) is 0. The maximum atomic E-state index is 13.9. The van der Waals surface area contributed by atoms with Gasteiger partial charge in [-0.1, -0.05) is 6.92 Å². The van der Waals surface area contributed by atoms with Gasteiger partial charge in [0.1, 0.15) is 6.61 Å². The summed E-state index contributed by atoms with van der Waals surface area (Å²) >= 11 is 0. The summed E-state index contributed by atoms with van der Waals surface area (Å²) in [4.78, 5) is 34.5. The highest BCUT2D eigenvalue weighted by molar-refractivity contribution is 7.66. The number of phosphoric ester groups is 1. The van der Waals surface area contributed by atoms with Gasteiger partial charge in [-0.25, -0.2) is 22.5 Å². The first kappa shape index (κ1) is 20.3. The van der Waals surface area contributed by atoms with Gasteiger partial charge in [-0.15, -0.1) is 0 Å². The quantitative estimate of drug-likeness (QED) is 0.456. The van der Waals surface area contributed by atoms with Crippen molar-refractivity contribution < 1.29 is 59.9 Å². The Labute approximate surface area is 122 Å². The molecule has 0 aromatic rings. The van der Waals surface area contributed by atoms with Crippen molar-refractivity contribution in [2.24, 2.45) is 5.92 Å². The van der Waals surface area contributed by atoms with Crippen LogP contribution in [0.25, 0.3) is 0 Å². The van der Waals surface area contributed by atoms with Crippen molar-refractivity contribution in [2.45, 2.75) is 19.0 Å². The van der Waals surface area contributed by atoms with Crippen LogP contribution < -0.4 is 0 Å². The van der Waals surface area contributed by atoms with E-state index in [0.29, 0.717) is 0 Å². The third-order valence-corrected chi connectivity index (χ3v) is 6.12. The minimum absolute atomic E-state index is 0.336. The normalized spacial score (nSPS) is 35.0. The van der Waals surface area contributed by atoms with E-state index in [1.54, 1.807) is 0 Å². The van der Waals surface area contributed by atoms with Crippen molar-refractivity contribution in [1.82, 2.24) is 0 Å². The van der Waals surface area contributed by atoms with E-state index in [-0.39, 0.29) is 6.61 Å². The molecule has 0 aliphatic carbocycles. The van der Waals surface area contributed by atoms with Gasteiger partial charge in [0.15, 0.2) is 6.17 Å². The lowest BCUT2D eigenvalue weighted by molar-refractivity contribution is -0.161. The van der Waals surface area contributed by atoms with Gasteiger partial charge in [0.25, 0.3) is 5.85 Å². The summed E-state index contributed by atoms with van der Waals surface area (Å²) in [7, 11) is -16.7. The van der Waals surface area contributed by atoms with Crippen molar-refractivity contribution in [3.63, 3.8) is 0 Å². The third kappa shape index (κ3) is 6.03. The molecule has 0 aromatic carbocycles. The third-order valence-electron chi connectivity index (χ3n) is 2.34. The molecule has 11 nitrogen and oxygen atoms in total. The molecule has 1 saturated heterocycles. The number of ether oxygens (including phenoxy) is 1. The monoisotopic (exact) mass is 392 g/mol. The zero-order chi connectivity index (χ0) is 17.4. The number of halogens is 2. The highest BCUT2D eigenvalue weighted by Crippen LogP contribution is 2.66. The first-order chi connectivity index (χ1) is 9.66. The maximum Gasteiger partial charge on any atom is 0.490 e. The van der Waals surface area contributed by atoms with Crippen LogP contribution in [0.1, 0.15) is 6.92 Å². The SMILES string of the molecule is C[C@H]1CO[C@](F)(COP(=O)(O)OP(=O)(O)OP(=O)(O)O)[C@H]1F. The Morgan fingerprint density at radius 2 is 1.73 bits per heavy atom. The predicted octanol–water partition coefficient (Wildman–Crippen LogP) is 1.000. The van der Waals surface area contributed by atoms with E-state index in [0.717, 1.165) is 0 Å². The fourth-order valence-corrected chi connectivity index (χ4v) is 4.49. The molecule has 5 atom stereocenters. The summed E-state index contributed by atoms with van der Waals surface area (Å²) in [6.07, 6.45) is -2.19. The molecule has 0 amide bonds. The molecule has 1 heterocycles. The highest BCUT2D eigenvalue weighted by Gasteiger charge is 2.52. The second-order valence-corrected chi connectivity index (χ2v) is 8.76. The van der Waals surface area contributed by atoms with E-state index in [1.165, 1.54) is 6.92 Å². The lowest BCUT2D eigenvalue weighted by atomic mass is 10.1. The molecule has 0 spiro atoms. The number of phosphoric acid groups is 3. The molecule has 1 aliphatic rings. The van der Waals surface area contributed by atoms with E-state index in [4.69, 9.17) is 19.6 Å². The van der Waals surface area contributed by atoms with Gasteiger partial charge in [-0.05, 0) is 0 Å². The predicted molar refractivity (Wildman–Crippen MR) is 63.7 cm³/mol. The topological polar surface area (TPSA) is 169 Å². The number of rotatable bonds is 7. The Morgan fingerprint density at radius 3 is 2.14 bits per heavy atom. The molecule has 2 unspecified atom stereocenters. The standard InChI is InChI=1S/C6H13F2O11P3/c1-4-2-16-6(8,5(4)7)3-17-21(12,13)19-22(14,15)18-20(9,10)11/h4-5H,2-3H2,1H3,(H,12,13)(H,14,15)(H2,9,10,11)/t4-,5-,6+/m0/s1. The fourth-order valence-electron chi connectivity index (χ4n) is 1.45. The van der Waals surface area contributed by atoms with Crippen LogP contribution in [0.4, 0.5) is 8.78 Å². The van der Waals surface area contributed by atoms with E-state index in [9.17, 15) is 22.5 Å². The smallest absolute Gasteiger partial charge is 0.341 e. The zero-order valence-corrected chi connectivity index (χ0v) is 13.5. The lowest BCUT2D eigenvalue weighted by Gasteiger charge is -2.23. The van der Waals surface area contributed by atoms with Crippen molar-refractivity contribution in [2.75, 3.05) is 13.2 Å². The Hall–Kier alpha value is 0.230. The molecular weight excluding hydrogens is 379 g/mol. The van der Waals surface area contributed by atoms with Crippen LogP contribution in [-0.4, -0.2) is 44.8 Å². The average Bonchev–Trinajstić information content (AvgIpc) is 2.51. The molecule has 0 radical (unpaired) electrons. The van der Waals surface area contributed by atoms with Crippen molar-refractivity contribution in [3.8, 4) is 0 Å². The highest BCUT2D eigenvalue weighted by atomic mass is 31.3. The second kappa shape index (κ2) is 6.62. The van der Waals surface area contributed by atoms with Crippen molar-refractivity contribution >= 4 is 23.5 Å². The van der Waals surface area contributed by atoms with Crippen molar-refractivity contribution in [1.29, 1.82) is 0 Å². The molecule has 1 rings (SSSR count). The molecule has 4 N–H and O–H groups in total. The largest absolute Gasteiger partial charge is 0.490 e.